The van der Waals surface area contributed by atoms with E-state index in [2.05, 4.69) is 9.97 Å². The van der Waals surface area contributed by atoms with Gasteiger partial charge in [0, 0.05) is 18.4 Å². The predicted octanol–water partition coefficient (Wildman–Crippen LogP) is 1.89. The highest BCUT2D eigenvalue weighted by molar-refractivity contribution is 5.96. The molecular weight excluding hydrogens is 350 g/mol. The minimum absolute atomic E-state index is 0.0236. The molecular formula is C19H17N3O5. The number of ether oxygens (including phenoxy) is 2. The van der Waals surface area contributed by atoms with E-state index in [9.17, 15) is 9.59 Å². The Morgan fingerprint density at radius 1 is 1.26 bits per heavy atom. The molecule has 0 aliphatic carbocycles. The van der Waals surface area contributed by atoms with Gasteiger partial charge in [0.15, 0.2) is 0 Å². The Kier molecular flexibility index (Phi) is 4.45. The average Bonchev–Trinajstić information content (AvgIpc) is 3.15. The molecule has 0 N–H and O–H groups in total. The summed E-state index contributed by atoms with van der Waals surface area (Å²) in [6.07, 6.45) is 3.37. The van der Waals surface area contributed by atoms with Crippen LogP contribution in [0.3, 0.4) is 0 Å². The van der Waals surface area contributed by atoms with E-state index in [4.69, 9.17) is 13.9 Å². The molecule has 1 saturated heterocycles. The lowest BCUT2D eigenvalue weighted by molar-refractivity contribution is 0.0767. The number of aromatic nitrogens is 2. The van der Waals surface area contributed by atoms with Gasteiger partial charge >= 0.3 is 5.63 Å². The van der Waals surface area contributed by atoms with E-state index in [1.807, 2.05) is 6.07 Å². The first-order valence-corrected chi connectivity index (χ1v) is 8.49. The molecule has 1 aliphatic rings. The van der Waals surface area contributed by atoms with Crippen molar-refractivity contribution in [3.8, 4) is 11.8 Å². The van der Waals surface area contributed by atoms with Gasteiger partial charge in [0.05, 0.1) is 26.0 Å². The van der Waals surface area contributed by atoms with Gasteiger partial charge in [-0.25, -0.2) is 4.79 Å². The first kappa shape index (κ1) is 17.0. The van der Waals surface area contributed by atoms with Crippen LogP contribution >= 0.6 is 0 Å². The van der Waals surface area contributed by atoms with Crippen LogP contribution in [0.4, 0.5) is 0 Å². The third-order valence-electron chi connectivity index (χ3n) is 4.39. The van der Waals surface area contributed by atoms with Crippen molar-refractivity contribution in [1.29, 1.82) is 0 Å². The van der Waals surface area contributed by atoms with Gasteiger partial charge < -0.3 is 18.8 Å². The van der Waals surface area contributed by atoms with E-state index in [0.29, 0.717) is 42.2 Å². The van der Waals surface area contributed by atoms with Crippen LogP contribution in [0, 0.1) is 0 Å². The number of methoxy groups -OCH3 is 1. The maximum atomic E-state index is 12.8. The number of hydrogen-bond acceptors (Lipinski definition) is 7. The fraction of sp³-hybridized carbons (Fsp3) is 0.263. The maximum absolute atomic E-state index is 12.8. The lowest BCUT2D eigenvalue weighted by atomic mass is 10.1. The smallest absolute Gasteiger partial charge is 0.349 e. The third-order valence-corrected chi connectivity index (χ3v) is 4.39. The number of hydrogen-bond donors (Lipinski definition) is 0. The Bertz CT molecular complexity index is 1050. The molecule has 27 heavy (non-hydrogen) atoms. The van der Waals surface area contributed by atoms with Crippen molar-refractivity contribution in [2.75, 3.05) is 20.2 Å². The number of benzene rings is 1. The molecule has 0 radical (unpaired) electrons. The van der Waals surface area contributed by atoms with E-state index >= 15 is 0 Å². The third kappa shape index (κ3) is 3.46. The number of amides is 1. The first-order valence-electron chi connectivity index (χ1n) is 8.49. The van der Waals surface area contributed by atoms with Crippen LogP contribution in [0.1, 0.15) is 16.8 Å². The number of carbonyl (C=O) groups is 1. The fourth-order valence-electron chi connectivity index (χ4n) is 3.05. The van der Waals surface area contributed by atoms with Crippen LogP contribution in [0.25, 0.3) is 11.0 Å². The molecule has 3 heterocycles. The summed E-state index contributed by atoms with van der Waals surface area (Å²) in [6.45, 7) is 0.831. The van der Waals surface area contributed by atoms with Crippen molar-refractivity contribution in [2.45, 2.75) is 12.5 Å². The second kappa shape index (κ2) is 7.06. The van der Waals surface area contributed by atoms with Gasteiger partial charge in [-0.1, -0.05) is 18.2 Å². The number of likely N-dealkylation sites (tertiary alicyclic amines) is 1. The minimum atomic E-state index is -0.637. The predicted molar refractivity (Wildman–Crippen MR) is 96.0 cm³/mol. The zero-order valence-corrected chi connectivity index (χ0v) is 14.6. The Hall–Kier alpha value is -3.42. The van der Waals surface area contributed by atoms with Crippen LogP contribution in [-0.4, -0.2) is 47.1 Å². The van der Waals surface area contributed by atoms with Crippen molar-refractivity contribution in [1.82, 2.24) is 14.9 Å². The molecule has 3 aromatic rings. The Balaban J connectivity index is 1.49. The SMILES string of the molecule is COc1cncc(OC2CCN(C(=O)c3cc4ccccc4oc3=O)C2)n1. The highest BCUT2D eigenvalue weighted by Gasteiger charge is 2.30. The zero-order valence-electron chi connectivity index (χ0n) is 14.6. The maximum Gasteiger partial charge on any atom is 0.349 e. The van der Waals surface area contributed by atoms with Gasteiger partial charge in [0.2, 0.25) is 11.8 Å². The molecule has 1 unspecified atom stereocenters. The molecule has 1 aromatic carbocycles. The van der Waals surface area contributed by atoms with Gasteiger partial charge in [0.1, 0.15) is 17.3 Å². The van der Waals surface area contributed by atoms with Crippen molar-refractivity contribution < 1.29 is 18.7 Å². The molecule has 1 atom stereocenters. The molecule has 8 nitrogen and oxygen atoms in total. The highest BCUT2D eigenvalue weighted by Crippen LogP contribution is 2.20. The molecule has 4 rings (SSSR count). The summed E-state index contributed by atoms with van der Waals surface area (Å²) in [7, 11) is 1.50. The van der Waals surface area contributed by atoms with Gasteiger partial charge in [-0.2, -0.15) is 4.98 Å². The largest absolute Gasteiger partial charge is 0.480 e. The summed E-state index contributed by atoms with van der Waals surface area (Å²) < 4.78 is 16.1. The van der Waals surface area contributed by atoms with Crippen molar-refractivity contribution in [3.63, 3.8) is 0 Å². The molecule has 1 amide bonds. The summed E-state index contributed by atoms with van der Waals surface area (Å²) in [6, 6.07) is 8.67. The zero-order chi connectivity index (χ0) is 18.8. The van der Waals surface area contributed by atoms with Crippen molar-refractivity contribution in [2.24, 2.45) is 0 Å². The molecule has 1 aliphatic heterocycles. The van der Waals surface area contributed by atoms with Gasteiger partial charge in [-0.3, -0.25) is 9.78 Å². The van der Waals surface area contributed by atoms with Gasteiger partial charge in [0.25, 0.3) is 5.91 Å². The van der Waals surface area contributed by atoms with Crippen LogP contribution in [0.5, 0.6) is 11.8 Å². The normalized spacial score (nSPS) is 16.5. The van der Waals surface area contributed by atoms with Crippen LogP contribution in [0.15, 0.2) is 51.9 Å². The fourth-order valence-corrected chi connectivity index (χ4v) is 3.05. The molecule has 0 bridgehead atoms. The van der Waals surface area contributed by atoms with Gasteiger partial charge in [-0.05, 0) is 12.1 Å². The van der Waals surface area contributed by atoms with E-state index in [0.717, 1.165) is 0 Å². The lowest BCUT2D eigenvalue weighted by Gasteiger charge is -2.16. The number of fused-ring (bicyclic) bond motifs is 1. The summed E-state index contributed by atoms with van der Waals surface area (Å²) in [5, 5.41) is 0.708. The molecule has 8 heteroatoms. The number of rotatable bonds is 4. The van der Waals surface area contributed by atoms with E-state index in [-0.39, 0.29) is 17.6 Å². The standard InChI is InChI=1S/C19H17N3O5/c1-25-16-9-20-10-17(21-16)26-13-6-7-22(11-13)18(23)14-8-12-4-2-3-5-15(12)27-19(14)24/h2-5,8-10,13H,6-7,11H2,1H3. The lowest BCUT2D eigenvalue weighted by Crippen LogP contribution is -2.33. The van der Waals surface area contributed by atoms with E-state index in [1.54, 1.807) is 29.2 Å². The number of carbonyl (C=O) groups excluding carboxylic acids is 1. The van der Waals surface area contributed by atoms with Crippen LogP contribution in [0.2, 0.25) is 0 Å². The summed E-state index contributed by atoms with van der Waals surface area (Å²) >= 11 is 0. The molecule has 1 fully saturated rings. The highest BCUT2D eigenvalue weighted by atomic mass is 16.5. The Morgan fingerprint density at radius 3 is 2.93 bits per heavy atom. The second-order valence-corrected chi connectivity index (χ2v) is 6.16. The second-order valence-electron chi connectivity index (χ2n) is 6.16. The van der Waals surface area contributed by atoms with E-state index < -0.39 is 5.63 Å². The minimum Gasteiger partial charge on any atom is -0.480 e. The Morgan fingerprint density at radius 2 is 2.07 bits per heavy atom. The molecule has 0 saturated carbocycles. The van der Waals surface area contributed by atoms with Crippen LogP contribution in [-0.2, 0) is 0 Å². The average molecular weight is 367 g/mol. The Labute approximate surface area is 154 Å². The molecule has 0 spiro atoms. The topological polar surface area (TPSA) is 94.8 Å². The summed E-state index contributed by atoms with van der Waals surface area (Å²) in [5.74, 6) is 0.323. The molecule has 2 aromatic heterocycles. The molecule has 138 valence electrons. The van der Waals surface area contributed by atoms with Crippen molar-refractivity contribution in [3.05, 3.63) is 58.7 Å². The van der Waals surface area contributed by atoms with Gasteiger partial charge in [-0.15, -0.1) is 0 Å². The quantitative estimate of drug-likeness (QED) is 0.650. The monoisotopic (exact) mass is 367 g/mol. The van der Waals surface area contributed by atoms with E-state index in [1.165, 1.54) is 19.5 Å². The van der Waals surface area contributed by atoms with Crippen molar-refractivity contribution >= 4 is 16.9 Å². The summed E-state index contributed by atoms with van der Waals surface area (Å²) in [4.78, 5) is 34.7. The van der Waals surface area contributed by atoms with Crippen LogP contribution < -0.4 is 15.1 Å². The summed E-state index contributed by atoms with van der Waals surface area (Å²) in [5.41, 5.74) is -0.157. The number of para-hydroxylation sites is 1. The first-order chi connectivity index (χ1) is 13.1. The number of nitrogens with zero attached hydrogens (tertiary/aromatic N) is 3.